The Kier molecular flexibility index (Phi) is 4.98. The summed E-state index contributed by atoms with van der Waals surface area (Å²) in [5.74, 6) is 0.259. The number of hydrogen-bond donors (Lipinski definition) is 0. The molecule has 0 aliphatic rings. The zero-order chi connectivity index (χ0) is 13.1. The molecule has 0 aliphatic heterocycles. The van der Waals surface area contributed by atoms with E-state index < -0.39 is 5.60 Å². The van der Waals surface area contributed by atoms with Gasteiger partial charge in [-0.25, -0.2) is 4.79 Å². The maximum absolute atomic E-state index is 11.8. The first kappa shape index (κ1) is 14.5. The molecule has 0 bridgehead atoms. The van der Waals surface area contributed by atoms with Crippen molar-refractivity contribution in [2.45, 2.75) is 39.2 Å². The average Bonchev–Trinajstić information content (AvgIpc) is 2.26. The Hall–Kier alpha value is -0.580. The number of hydrogen-bond acceptors (Lipinski definition) is 2. The van der Waals surface area contributed by atoms with Crippen molar-refractivity contribution in [3.63, 3.8) is 0 Å². The minimum absolute atomic E-state index is 0.258. The fraction of sp³-hybridized carbons (Fsp3) is 0.500. The van der Waals surface area contributed by atoms with Crippen molar-refractivity contribution in [3.05, 3.63) is 35.4 Å². The SMILES string of the molecule is CC(CI)c1ccc(C(=O)OC(C)(C)C)cc1. The molecule has 17 heavy (non-hydrogen) atoms. The van der Waals surface area contributed by atoms with Gasteiger partial charge in [-0.3, -0.25) is 0 Å². The summed E-state index contributed by atoms with van der Waals surface area (Å²) in [5, 5.41) is 0. The minimum atomic E-state index is -0.439. The standard InChI is InChI=1S/C14H19IO2/c1-10(9-15)11-5-7-12(8-6-11)13(16)17-14(2,3)4/h5-8,10H,9H2,1-4H3. The third kappa shape index (κ3) is 4.66. The van der Waals surface area contributed by atoms with Crippen LogP contribution in [0, 0.1) is 0 Å². The Bertz CT molecular complexity index is 376. The largest absolute Gasteiger partial charge is 0.456 e. The van der Waals surface area contributed by atoms with Crippen molar-refractivity contribution >= 4 is 28.6 Å². The molecule has 1 atom stereocenters. The Morgan fingerprint density at radius 3 is 2.24 bits per heavy atom. The highest BCUT2D eigenvalue weighted by atomic mass is 127. The third-order valence-electron chi connectivity index (χ3n) is 2.35. The van der Waals surface area contributed by atoms with Crippen LogP contribution in [-0.4, -0.2) is 16.0 Å². The molecule has 1 rings (SSSR count). The van der Waals surface area contributed by atoms with Gasteiger partial charge in [0, 0.05) is 4.43 Å². The lowest BCUT2D eigenvalue weighted by Crippen LogP contribution is -2.23. The smallest absolute Gasteiger partial charge is 0.338 e. The highest BCUT2D eigenvalue weighted by Gasteiger charge is 2.17. The van der Waals surface area contributed by atoms with Crippen LogP contribution in [0.5, 0.6) is 0 Å². The van der Waals surface area contributed by atoms with Crippen molar-refractivity contribution in [1.29, 1.82) is 0 Å². The lowest BCUT2D eigenvalue weighted by molar-refractivity contribution is 0.00695. The van der Waals surface area contributed by atoms with Crippen molar-refractivity contribution in [1.82, 2.24) is 0 Å². The fourth-order valence-corrected chi connectivity index (χ4v) is 1.88. The fourth-order valence-electron chi connectivity index (χ4n) is 1.37. The summed E-state index contributed by atoms with van der Waals surface area (Å²) in [7, 11) is 0. The molecule has 0 saturated heterocycles. The van der Waals surface area contributed by atoms with Crippen LogP contribution in [0.1, 0.15) is 49.5 Å². The van der Waals surface area contributed by atoms with Crippen LogP contribution < -0.4 is 0 Å². The summed E-state index contributed by atoms with van der Waals surface area (Å²) < 4.78 is 6.38. The van der Waals surface area contributed by atoms with Gasteiger partial charge in [0.15, 0.2) is 0 Å². The van der Waals surface area contributed by atoms with E-state index in [0.717, 1.165) is 4.43 Å². The number of alkyl halides is 1. The van der Waals surface area contributed by atoms with Crippen LogP contribution in [-0.2, 0) is 4.74 Å². The van der Waals surface area contributed by atoms with E-state index in [0.29, 0.717) is 11.5 Å². The zero-order valence-corrected chi connectivity index (χ0v) is 12.9. The highest BCUT2D eigenvalue weighted by Crippen LogP contribution is 2.19. The zero-order valence-electron chi connectivity index (χ0n) is 10.8. The molecule has 1 unspecified atom stereocenters. The van der Waals surface area contributed by atoms with E-state index in [9.17, 15) is 4.79 Å². The molecular formula is C14H19IO2. The van der Waals surface area contributed by atoms with Crippen LogP contribution in [0.15, 0.2) is 24.3 Å². The van der Waals surface area contributed by atoms with Gasteiger partial charge in [-0.05, 0) is 44.4 Å². The normalized spacial score (nSPS) is 13.2. The van der Waals surface area contributed by atoms with E-state index in [2.05, 4.69) is 29.5 Å². The van der Waals surface area contributed by atoms with Gasteiger partial charge in [0.2, 0.25) is 0 Å². The molecule has 3 heteroatoms. The summed E-state index contributed by atoms with van der Waals surface area (Å²) >= 11 is 2.37. The van der Waals surface area contributed by atoms with E-state index in [1.54, 1.807) is 0 Å². The molecule has 1 aromatic carbocycles. The van der Waals surface area contributed by atoms with Gasteiger partial charge in [-0.1, -0.05) is 41.6 Å². The molecule has 0 N–H and O–H groups in total. The predicted molar refractivity (Wildman–Crippen MR) is 78.9 cm³/mol. The second-order valence-corrected chi connectivity index (χ2v) is 6.06. The van der Waals surface area contributed by atoms with Gasteiger partial charge in [-0.2, -0.15) is 0 Å². The molecule has 94 valence electrons. The summed E-state index contributed by atoms with van der Waals surface area (Å²) in [5.41, 5.74) is 1.43. The predicted octanol–water partition coefficient (Wildman–Crippen LogP) is 4.18. The first-order chi connectivity index (χ1) is 7.83. The molecule has 0 aromatic heterocycles. The molecule has 0 aliphatic carbocycles. The van der Waals surface area contributed by atoms with Crippen molar-refractivity contribution in [3.8, 4) is 0 Å². The highest BCUT2D eigenvalue weighted by molar-refractivity contribution is 14.1. The first-order valence-electron chi connectivity index (χ1n) is 5.73. The van der Waals surface area contributed by atoms with E-state index in [1.165, 1.54) is 5.56 Å². The average molecular weight is 346 g/mol. The Morgan fingerprint density at radius 1 is 1.29 bits per heavy atom. The van der Waals surface area contributed by atoms with Gasteiger partial charge in [0.05, 0.1) is 5.56 Å². The Labute approximate surface area is 117 Å². The quantitative estimate of drug-likeness (QED) is 0.466. The number of esters is 1. The van der Waals surface area contributed by atoms with E-state index in [4.69, 9.17) is 4.74 Å². The number of carbonyl (C=O) groups is 1. The molecule has 0 heterocycles. The van der Waals surface area contributed by atoms with Gasteiger partial charge in [0.25, 0.3) is 0 Å². The summed E-state index contributed by atoms with van der Waals surface area (Å²) in [6, 6.07) is 7.68. The molecule has 0 spiro atoms. The van der Waals surface area contributed by atoms with Crippen LogP contribution in [0.2, 0.25) is 0 Å². The number of carbonyl (C=O) groups excluding carboxylic acids is 1. The molecule has 1 aromatic rings. The molecule has 0 fully saturated rings. The summed E-state index contributed by atoms with van der Waals surface area (Å²) in [6.45, 7) is 7.79. The van der Waals surface area contributed by atoms with Gasteiger partial charge < -0.3 is 4.74 Å². The van der Waals surface area contributed by atoms with E-state index >= 15 is 0 Å². The van der Waals surface area contributed by atoms with Crippen LogP contribution >= 0.6 is 22.6 Å². The maximum Gasteiger partial charge on any atom is 0.338 e. The topological polar surface area (TPSA) is 26.3 Å². The first-order valence-corrected chi connectivity index (χ1v) is 7.25. The third-order valence-corrected chi connectivity index (χ3v) is 3.67. The Balaban J connectivity index is 2.77. The molecule has 2 nitrogen and oxygen atoms in total. The second kappa shape index (κ2) is 5.85. The van der Waals surface area contributed by atoms with E-state index in [1.807, 2.05) is 45.0 Å². The number of ether oxygens (including phenoxy) is 1. The molecule has 0 radical (unpaired) electrons. The van der Waals surface area contributed by atoms with Gasteiger partial charge in [0.1, 0.15) is 5.60 Å². The lowest BCUT2D eigenvalue weighted by Gasteiger charge is -2.19. The van der Waals surface area contributed by atoms with E-state index in [-0.39, 0.29) is 5.97 Å². The lowest BCUT2D eigenvalue weighted by atomic mass is 10.0. The summed E-state index contributed by atoms with van der Waals surface area (Å²) in [6.07, 6.45) is 0. The number of halogens is 1. The van der Waals surface area contributed by atoms with Crippen LogP contribution in [0.4, 0.5) is 0 Å². The van der Waals surface area contributed by atoms with Gasteiger partial charge >= 0.3 is 5.97 Å². The molecule has 0 saturated carbocycles. The summed E-state index contributed by atoms with van der Waals surface area (Å²) in [4.78, 5) is 11.8. The maximum atomic E-state index is 11.8. The Morgan fingerprint density at radius 2 is 1.82 bits per heavy atom. The molecular weight excluding hydrogens is 327 g/mol. The van der Waals surface area contributed by atoms with Gasteiger partial charge in [-0.15, -0.1) is 0 Å². The number of benzene rings is 1. The van der Waals surface area contributed by atoms with Crippen molar-refractivity contribution in [2.24, 2.45) is 0 Å². The monoisotopic (exact) mass is 346 g/mol. The second-order valence-electron chi connectivity index (χ2n) is 5.18. The van der Waals surface area contributed by atoms with Crippen molar-refractivity contribution < 1.29 is 9.53 Å². The number of rotatable bonds is 3. The van der Waals surface area contributed by atoms with Crippen LogP contribution in [0.3, 0.4) is 0 Å². The van der Waals surface area contributed by atoms with Crippen LogP contribution in [0.25, 0.3) is 0 Å². The molecule has 0 amide bonds. The minimum Gasteiger partial charge on any atom is -0.456 e. The van der Waals surface area contributed by atoms with Crippen molar-refractivity contribution in [2.75, 3.05) is 4.43 Å².